The fraction of sp³-hybridized carbons (Fsp3) is 0.647. The maximum absolute atomic E-state index is 2.36. The second-order valence-electron chi connectivity index (χ2n) is 6.24. The van der Waals surface area contributed by atoms with Crippen molar-refractivity contribution in [1.29, 1.82) is 0 Å². The van der Waals surface area contributed by atoms with E-state index in [0.717, 1.165) is 6.42 Å². The van der Waals surface area contributed by atoms with Gasteiger partial charge < -0.3 is 0 Å². The highest BCUT2D eigenvalue weighted by molar-refractivity contribution is 5.11. The summed E-state index contributed by atoms with van der Waals surface area (Å²) in [5, 5.41) is 0. The van der Waals surface area contributed by atoms with Gasteiger partial charge in [-0.25, -0.2) is 0 Å². The molecule has 98 valence electrons. The van der Waals surface area contributed by atoms with E-state index in [4.69, 9.17) is 0 Å². The zero-order valence-electron chi connectivity index (χ0n) is 12.9. The van der Waals surface area contributed by atoms with Crippen LogP contribution in [0.5, 0.6) is 0 Å². The average molecular weight is 234 g/mol. The fourth-order valence-corrected chi connectivity index (χ4v) is 1.43. The van der Waals surface area contributed by atoms with E-state index in [2.05, 4.69) is 66.7 Å². The van der Waals surface area contributed by atoms with Gasteiger partial charge in [-0.3, -0.25) is 0 Å². The van der Waals surface area contributed by atoms with Crippen LogP contribution in [-0.4, -0.2) is 0 Å². The van der Waals surface area contributed by atoms with Crippen LogP contribution >= 0.6 is 0 Å². The first kappa shape index (κ1) is 16.2. The van der Waals surface area contributed by atoms with Crippen molar-refractivity contribution in [2.75, 3.05) is 0 Å². The van der Waals surface area contributed by atoms with Crippen LogP contribution < -0.4 is 0 Å². The SMILES string of the molecule is CC(C)=CCC/C(C)=C/C/C=C(\C)C(C)(C)C. The van der Waals surface area contributed by atoms with E-state index in [9.17, 15) is 0 Å². The lowest BCUT2D eigenvalue weighted by Crippen LogP contribution is -2.05. The maximum atomic E-state index is 2.36. The number of rotatable bonds is 5. The highest BCUT2D eigenvalue weighted by Crippen LogP contribution is 2.24. The zero-order valence-corrected chi connectivity index (χ0v) is 12.9. The Morgan fingerprint density at radius 3 is 1.94 bits per heavy atom. The van der Waals surface area contributed by atoms with E-state index in [1.165, 1.54) is 29.6 Å². The van der Waals surface area contributed by atoms with Gasteiger partial charge in [0.2, 0.25) is 0 Å². The second kappa shape index (κ2) is 7.53. The molecule has 0 radical (unpaired) electrons. The molecule has 17 heavy (non-hydrogen) atoms. The molecule has 0 aromatic rings. The molecule has 0 heterocycles. The lowest BCUT2D eigenvalue weighted by atomic mass is 9.87. The van der Waals surface area contributed by atoms with Gasteiger partial charge in [-0.05, 0) is 52.4 Å². The van der Waals surface area contributed by atoms with Crippen LogP contribution in [0.1, 0.15) is 67.7 Å². The monoisotopic (exact) mass is 234 g/mol. The average Bonchev–Trinajstić information content (AvgIpc) is 2.15. The Balaban J connectivity index is 4.13. The summed E-state index contributed by atoms with van der Waals surface area (Å²) in [5.41, 5.74) is 4.71. The topological polar surface area (TPSA) is 0 Å². The number of allylic oxidation sites excluding steroid dienone is 6. The summed E-state index contributed by atoms with van der Waals surface area (Å²) < 4.78 is 0. The molecule has 0 heteroatoms. The van der Waals surface area contributed by atoms with Crippen LogP contribution in [0.4, 0.5) is 0 Å². The largest absolute Gasteiger partial charge is 0.0856 e. The molecule has 0 saturated heterocycles. The Bertz CT molecular complexity index is 301. The number of hydrogen-bond donors (Lipinski definition) is 0. The molecule has 0 spiro atoms. The quantitative estimate of drug-likeness (QED) is 0.507. The summed E-state index contributed by atoms with van der Waals surface area (Å²) in [6, 6.07) is 0. The third kappa shape index (κ3) is 8.97. The van der Waals surface area contributed by atoms with Gasteiger partial charge in [-0.15, -0.1) is 0 Å². The molecule has 0 rings (SSSR count). The van der Waals surface area contributed by atoms with Crippen molar-refractivity contribution < 1.29 is 0 Å². The molecule has 0 fully saturated rings. The standard InChI is InChI=1S/C17H30/c1-14(2)10-8-11-15(3)12-9-13-16(4)17(5,6)7/h10,12-13H,8-9,11H2,1-7H3/b15-12+,16-13+. The van der Waals surface area contributed by atoms with Crippen molar-refractivity contribution in [3.05, 3.63) is 34.9 Å². The smallest absolute Gasteiger partial charge is 0.0164 e. The Kier molecular flexibility index (Phi) is 7.18. The lowest BCUT2D eigenvalue weighted by molar-refractivity contribution is 0.502. The van der Waals surface area contributed by atoms with Gasteiger partial charge in [0.05, 0.1) is 0 Å². The maximum Gasteiger partial charge on any atom is -0.0164 e. The van der Waals surface area contributed by atoms with Crippen molar-refractivity contribution in [3.8, 4) is 0 Å². The first-order valence-corrected chi connectivity index (χ1v) is 6.69. The summed E-state index contributed by atoms with van der Waals surface area (Å²) in [6.45, 7) is 15.6. The number of hydrogen-bond acceptors (Lipinski definition) is 0. The van der Waals surface area contributed by atoms with Crippen LogP contribution in [0.25, 0.3) is 0 Å². The van der Waals surface area contributed by atoms with E-state index in [1.54, 1.807) is 0 Å². The molecule has 0 saturated carbocycles. The Hall–Kier alpha value is -0.780. The molecular formula is C17H30. The van der Waals surface area contributed by atoms with E-state index in [1.807, 2.05) is 0 Å². The highest BCUT2D eigenvalue weighted by atomic mass is 14.2. The van der Waals surface area contributed by atoms with Gasteiger partial charge in [-0.2, -0.15) is 0 Å². The third-order valence-corrected chi connectivity index (χ3v) is 3.16. The first-order chi connectivity index (χ1) is 7.73. The predicted octanol–water partition coefficient (Wildman–Crippen LogP) is 6.06. The fourth-order valence-electron chi connectivity index (χ4n) is 1.43. The summed E-state index contributed by atoms with van der Waals surface area (Å²) in [7, 11) is 0. The van der Waals surface area contributed by atoms with Gasteiger partial charge in [0, 0.05) is 0 Å². The summed E-state index contributed by atoms with van der Waals surface area (Å²) in [5.74, 6) is 0. The van der Waals surface area contributed by atoms with Crippen LogP contribution in [0.2, 0.25) is 0 Å². The summed E-state index contributed by atoms with van der Waals surface area (Å²) in [6.07, 6.45) is 10.5. The molecule has 0 N–H and O–H groups in total. The zero-order chi connectivity index (χ0) is 13.5. The van der Waals surface area contributed by atoms with Crippen molar-refractivity contribution in [3.63, 3.8) is 0 Å². The van der Waals surface area contributed by atoms with Gasteiger partial charge in [-0.1, -0.05) is 55.7 Å². The Morgan fingerprint density at radius 1 is 0.882 bits per heavy atom. The van der Waals surface area contributed by atoms with Gasteiger partial charge in [0.25, 0.3) is 0 Å². The minimum atomic E-state index is 0.309. The minimum absolute atomic E-state index is 0.309. The molecule has 0 bridgehead atoms. The normalized spacial score (nSPS) is 13.8. The summed E-state index contributed by atoms with van der Waals surface area (Å²) in [4.78, 5) is 0. The van der Waals surface area contributed by atoms with Gasteiger partial charge in [0.1, 0.15) is 0 Å². The molecule has 0 aliphatic heterocycles. The van der Waals surface area contributed by atoms with Gasteiger partial charge in [0.15, 0.2) is 0 Å². The van der Waals surface area contributed by atoms with E-state index in [-0.39, 0.29) is 0 Å². The first-order valence-electron chi connectivity index (χ1n) is 6.69. The predicted molar refractivity (Wildman–Crippen MR) is 80.3 cm³/mol. The Morgan fingerprint density at radius 2 is 1.47 bits per heavy atom. The molecule has 0 atom stereocenters. The van der Waals surface area contributed by atoms with Crippen molar-refractivity contribution in [1.82, 2.24) is 0 Å². The molecule has 0 aromatic heterocycles. The van der Waals surface area contributed by atoms with Crippen LogP contribution in [0.3, 0.4) is 0 Å². The molecule has 0 amide bonds. The van der Waals surface area contributed by atoms with E-state index < -0.39 is 0 Å². The molecule has 0 nitrogen and oxygen atoms in total. The van der Waals surface area contributed by atoms with Crippen molar-refractivity contribution >= 4 is 0 Å². The second-order valence-corrected chi connectivity index (χ2v) is 6.24. The van der Waals surface area contributed by atoms with E-state index in [0.29, 0.717) is 5.41 Å². The highest BCUT2D eigenvalue weighted by Gasteiger charge is 2.10. The van der Waals surface area contributed by atoms with Gasteiger partial charge >= 0.3 is 0 Å². The molecule has 0 aliphatic rings. The molecule has 0 aliphatic carbocycles. The molecule has 0 aromatic carbocycles. The third-order valence-electron chi connectivity index (χ3n) is 3.16. The minimum Gasteiger partial charge on any atom is -0.0856 e. The van der Waals surface area contributed by atoms with Crippen LogP contribution in [0, 0.1) is 5.41 Å². The van der Waals surface area contributed by atoms with Crippen molar-refractivity contribution in [2.24, 2.45) is 5.41 Å². The molecular weight excluding hydrogens is 204 g/mol. The van der Waals surface area contributed by atoms with Crippen LogP contribution in [-0.2, 0) is 0 Å². The van der Waals surface area contributed by atoms with E-state index >= 15 is 0 Å². The van der Waals surface area contributed by atoms with Crippen molar-refractivity contribution in [2.45, 2.75) is 67.7 Å². The lowest BCUT2D eigenvalue weighted by Gasteiger charge is -2.19. The molecule has 0 unspecified atom stereocenters. The Labute approximate surface area is 109 Å². The van der Waals surface area contributed by atoms with Crippen LogP contribution in [0.15, 0.2) is 34.9 Å². The summed E-state index contributed by atoms with van der Waals surface area (Å²) >= 11 is 0.